The van der Waals surface area contributed by atoms with Gasteiger partial charge >= 0.3 is 0 Å². The lowest BCUT2D eigenvalue weighted by molar-refractivity contribution is -0.143. The lowest BCUT2D eigenvalue weighted by Gasteiger charge is -2.35. The molecule has 1 saturated carbocycles. The Balaban J connectivity index is 1.45. The number of anilines is 1. The van der Waals surface area contributed by atoms with Crippen LogP contribution < -0.4 is 5.32 Å². The van der Waals surface area contributed by atoms with Crippen molar-refractivity contribution in [1.29, 1.82) is 0 Å². The smallest absolute Gasteiger partial charge is 0.275 e. The van der Waals surface area contributed by atoms with Crippen LogP contribution in [0.2, 0.25) is 0 Å². The first-order chi connectivity index (χ1) is 12.6. The lowest BCUT2D eigenvalue weighted by Crippen LogP contribution is -2.43. The van der Waals surface area contributed by atoms with E-state index in [-0.39, 0.29) is 29.9 Å². The average Bonchev–Trinajstić information content (AvgIpc) is 3.28. The maximum Gasteiger partial charge on any atom is 0.275 e. The van der Waals surface area contributed by atoms with Crippen LogP contribution in [0.3, 0.4) is 0 Å². The predicted octanol–water partition coefficient (Wildman–Crippen LogP) is 1.62. The van der Waals surface area contributed by atoms with Gasteiger partial charge in [-0.2, -0.15) is 0 Å². The number of hydrogen-bond acceptors (Lipinski definition) is 7. The molecule has 3 heterocycles. The molecule has 9 heteroatoms. The van der Waals surface area contributed by atoms with Crippen LogP contribution in [0.5, 0.6) is 0 Å². The summed E-state index contributed by atoms with van der Waals surface area (Å²) in [5.41, 5.74) is 0.834. The van der Waals surface area contributed by atoms with Gasteiger partial charge in [-0.05, 0) is 25.7 Å². The Kier molecular flexibility index (Phi) is 4.64. The van der Waals surface area contributed by atoms with Crippen LogP contribution in [0, 0.1) is 5.92 Å². The van der Waals surface area contributed by atoms with E-state index >= 15 is 0 Å². The Bertz CT molecular complexity index is 806. The summed E-state index contributed by atoms with van der Waals surface area (Å²) in [6.07, 6.45) is 6.95. The number of amides is 2. The Morgan fingerprint density at radius 3 is 2.77 bits per heavy atom. The Morgan fingerprint density at radius 2 is 2.04 bits per heavy atom. The summed E-state index contributed by atoms with van der Waals surface area (Å²) in [6, 6.07) is -0.0770. The van der Waals surface area contributed by atoms with Crippen molar-refractivity contribution in [1.82, 2.24) is 19.9 Å². The molecular formula is C17H19N5O3S. The van der Waals surface area contributed by atoms with Gasteiger partial charge in [-0.3, -0.25) is 9.59 Å². The van der Waals surface area contributed by atoms with Gasteiger partial charge in [0.1, 0.15) is 17.0 Å². The van der Waals surface area contributed by atoms with Gasteiger partial charge in [-0.25, -0.2) is 15.0 Å². The summed E-state index contributed by atoms with van der Waals surface area (Å²) in [5, 5.41) is 14.6. The van der Waals surface area contributed by atoms with Gasteiger partial charge in [0.2, 0.25) is 5.91 Å². The summed E-state index contributed by atoms with van der Waals surface area (Å²) in [7, 11) is 0. The highest BCUT2D eigenvalue weighted by Gasteiger charge is 2.40. The van der Waals surface area contributed by atoms with Crippen molar-refractivity contribution in [2.45, 2.75) is 37.8 Å². The van der Waals surface area contributed by atoms with Crippen molar-refractivity contribution in [2.24, 2.45) is 5.92 Å². The van der Waals surface area contributed by atoms with E-state index in [1.807, 2.05) is 4.90 Å². The zero-order chi connectivity index (χ0) is 18.1. The minimum absolute atomic E-state index is 0.0770. The van der Waals surface area contributed by atoms with E-state index in [2.05, 4.69) is 20.3 Å². The average molecular weight is 373 g/mol. The molecule has 8 nitrogen and oxygen atoms in total. The number of hydrogen-bond donors (Lipinski definition) is 2. The molecule has 136 valence electrons. The van der Waals surface area contributed by atoms with Crippen LogP contribution in [0.15, 0.2) is 24.1 Å². The van der Waals surface area contributed by atoms with E-state index in [9.17, 15) is 14.7 Å². The van der Waals surface area contributed by atoms with Crippen LogP contribution in [0.1, 0.15) is 47.2 Å². The van der Waals surface area contributed by atoms with Gasteiger partial charge in [-0.1, -0.05) is 0 Å². The fourth-order valence-corrected chi connectivity index (χ4v) is 4.36. The Labute approximate surface area is 154 Å². The van der Waals surface area contributed by atoms with E-state index in [1.165, 1.54) is 30.1 Å². The molecule has 26 heavy (non-hydrogen) atoms. The minimum Gasteiger partial charge on any atom is -0.393 e. The highest BCUT2D eigenvalue weighted by Crippen LogP contribution is 2.38. The van der Waals surface area contributed by atoms with E-state index in [0.29, 0.717) is 30.8 Å². The fourth-order valence-electron chi connectivity index (χ4n) is 3.41. The van der Waals surface area contributed by atoms with Crippen LogP contribution in [0.25, 0.3) is 0 Å². The van der Waals surface area contributed by atoms with Crippen molar-refractivity contribution >= 4 is 28.8 Å². The van der Waals surface area contributed by atoms with Gasteiger partial charge in [0.05, 0.1) is 30.2 Å². The molecule has 0 aromatic carbocycles. The molecule has 4 rings (SSSR count). The molecule has 1 aliphatic carbocycles. The molecule has 0 radical (unpaired) electrons. The van der Waals surface area contributed by atoms with Gasteiger partial charge in [0, 0.05) is 17.8 Å². The monoisotopic (exact) mass is 373 g/mol. The largest absolute Gasteiger partial charge is 0.393 e. The van der Waals surface area contributed by atoms with Gasteiger partial charge in [0.25, 0.3) is 5.91 Å². The second kappa shape index (κ2) is 7.08. The number of rotatable bonds is 4. The van der Waals surface area contributed by atoms with Crippen LogP contribution in [-0.4, -0.2) is 49.4 Å². The molecule has 2 amide bonds. The number of carbonyl (C=O) groups is 2. The Morgan fingerprint density at radius 1 is 1.27 bits per heavy atom. The maximum atomic E-state index is 12.6. The van der Waals surface area contributed by atoms with Crippen molar-refractivity contribution in [3.63, 3.8) is 0 Å². The van der Waals surface area contributed by atoms with E-state index in [1.54, 1.807) is 5.38 Å². The predicted molar refractivity (Wildman–Crippen MR) is 94.5 cm³/mol. The van der Waals surface area contributed by atoms with Gasteiger partial charge in [-0.15, -0.1) is 11.3 Å². The summed E-state index contributed by atoms with van der Waals surface area (Å²) in [4.78, 5) is 39.0. The van der Waals surface area contributed by atoms with Gasteiger partial charge < -0.3 is 15.3 Å². The van der Waals surface area contributed by atoms with Crippen molar-refractivity contribution < 1.29 is 14.7 Å². The fraction of sp³-hybridized carbons (Fsp3) is 0.471. The molecule has 2 aromatic rings. The quantitative estimate of drug-likeness (QED) is 0.843. The summed E-state index contributed by atoms with van der Waals surface area (Å²) >= 11 is 1.40. The zero-order valence-corrected chi connectivity index (χ0v) is 14.9. The minimum atomic E-state index is -0.345. The van der Waals surface area contributed by atoms with Gasteiger partial charge in [0.15, 0.2) is 0 Å². The number of aliphatic hydroxyl groups is 1. The topological polar surface area (TPSA) is 108 Å². The first-order valence-corrected chi connectivity index (χ1v) is 9.50. The number of likely N-dealkylation sites (tertiary alicyclic amines) is 1. The van der Waals surface area contributed by atoms with Crippen molar-refractivity contribution in [3.05, 3.63) is 34.8 Å². The molecule has 1 aliphatic heterocycles. The lowest BCUT2D eigenvalue weighted by atomic mass is 9.81. The number of aromatic nitrogens is 3. The molecule has 2 fully saturated rings. The first-order valence-electron chi connectivity index (χ1n) is 8.62. The number of nitrogens with zero attached hydrogens (tertiary/aromatic N) is 4. The molecular weight excluding hydrogens is 354 g/mol. The molecule has 2 aliphatic rings. The molecule has 2 aromatic heterocycles. The maximum absolute atomic E-state index is 12.6. The number of nitrogens with one attached hydrogen (secondary N) is 1. The molecule has 1 saturated heterocycles. The zero-order valence-electron chi connectivity index (χ0n) is 14.0. The van der Waals surface area contributed by atoms with Crippen molar-refractivity contribution in [3.8, 4) is 0 Å². The van der Waals surface area contributed by atoms with E-state index in [0.717, 1.165) is 17.8 Å². The molecule has 0 bridgehead atoms. The molecule has 1 atom stereocenters. The second-order valence-corrected chi connectivity index (χ2v) is 7.55. The number of thiazole rings is 1. The summed E-state index contributed by atoms with van der Waals surface area (Å²) in [5.74, 6) is -0.299. The highest BCUT2D eigenvalue weighted by molar-refractivity contribution is 7.10. The Hall–Kier alpha value is -2.39. The third kappa shape index (κ3) is 3.32. The number of carbonyl (C=O) groups excluding carboxylic acids is 2. The van der Waals surface area contributed by atoms with Crippen LogP contribution in [-0.2, 0) is 4.79 Å². The normalized spacial score (nSPS) is 25.0. The van der Waals surface area contributed by atoms with Crippen LogP contribution in [0.4, 0.5) is 5.69 Å². The van der Waals surface area contributed by atoms with Crippen LogP contribution >= 0.6 is 11.3 Å². The van der Waals surface area contributed by atoms with Crippen molar-refractivity contribution in [2.75, 3.05) is 11.9 Å². The molecule has 2 N–H and O–H groups in total. The third-order valence-electron chi connectivity index (χ3n) is 4.86. The summed E-state index contributed by atoms with van der Waals surface area (Å²) in [6.45, 7) is 0.707. The third-order valence-corrected chi connectivity index (χ3v) is 5.80. The first kappa shape index (κ1) is 17.0. The standard InChI is InChI=1S/C17H19N5O3S/c23-12-4-10(5-12)17(25)22-3-1-2-14(22)16-21-13(8-26-16)15(24)20-11-6-18-9-19-7-11/h6-10,12,14,23H,1-5H2,(H,20,24)/t10?,12?,14-/m1/s1. The van der Waals surface area contributed by atoms with E-state index < -0.39 is 0 Å². The molecule has 0 unspecified atom stereocenters. The van der Waals surface area contributed by atoms with E-state index in [4.69, 9.17) is 0 Å². The molecule has 0 spiro atoms. The number of aliphatic hydroxyl groups excluding tert-OH is 1. The highest BCUT2D eigenvalue weighted by atomic mass is 32.1. The summed E-state index contributed by atoms with van der Waals surface area (Å²) < 4.78 is 0. The second-order valence-electron chi connectivity index (χ2n) is 6.66. The SMILES string of the molecule is O=C(Nc1cncnc1)c1csc([C@H]2CCCN2C(=O)C2CC(O)C2)n1.